The molecule has 0 saturated carbocycles. The number of nitrogens with zero attached hydrogens (tertiary/aromatic N) is 2. The summed E-state index contributed by atoms with van der Waals surface area (Å²) >= 11 is 0. The van der Waals surface area contributed by atoms with Gasteiger partial charge in [-0.3, -0.25) is 0 Å². The standard InChI is InChI=1S/C11H19N3O2/c1-14-9-13-7-10(14)6-12-8-11(15)2-4-16-5-3-11/h7,9,12,15H,2-6,8H2,1H3. The van der Waals surface area contributed by atoms with Crippen LogP contribution in [-0.4, -0.2) is 40.0 Å². The van der Waals surface area contributed by atoms with Crippen molar-refractivity contribution in [3.8, 4) is 0 Å². The number of aromatic nitrogens is 2. The average molecular weight is 225 g/mol. The molecule has 0 bridgehead atoms. The highest BCUT2D eigenvalue weighted by molar-refractivity contribution is 4.97. The predicted molar refractivity (Wildman–Crippen MR) is 59.9 cm³/mol. The lowest BCUT2D eigenvalue weighted by Gasteiger charge is -2.32. The maximum absolute atomic E-state index is 10.2. The average Bonchev–Trinajstić information content (AvgIpc) is 2.65. The lowest BCUT2D eigenvalue weighted by Crippen LogP contribution is -2.44. The maximum atomic E-state index is 10.2. The maximum Gasteiger partial charge on any atom is 0.0945 e. The molecule has 0 spiro atoms. The van der Waals surface area contributed by atoms with Crippen LogP contribution in [0, 0.1) is 0 Å². The molecule has 1 saturated heterocycles. The molecule has 1 fully saturated rings. The van der Waals surface area contributed by atoms with E-state index in [-0.39, 0.29) is 0 Å². The van der Waals surface area contributed by atoms with Gasteiger partial charge >= 0.3 is 0 Å². The van der Waals surface area contributed by atoms with E-state index in [9.17, 15) is 5.11 Å². The van der Waals surface area contributed by atoms with Crippen LogP contribution >= 0.6 is 0 Å². The van der Waals surface area contributed by atoms with Crippen LogP contribution in [0.4, 0.5) is 0 Å². The topological polar surface area (TPSA) is 59.3 Å². The van der Waals surface area contributed by atoms with E-state index < -0.39 is 5.60 Å². The smallest absolute Gasteiger partial charge is 0.0945 e. The van der Waals surface area contributed by atoms with Crippen molar-refractivity contribution in [2.75, 3.05) is 19.8 Å². The molecule has 0 amide bonds. The number of aryl methyl sites for hydroxylation is 1. The van der Waals surface area contributed by atoms with Crippen molar-refractivity contribution in [2.24, 2.45) is 7.05 Å². The lowest BCUT2D eigenvalue weighted by molar-refractivity contribution is -0.0617. The van der Waals surface area contributed by atoms with E-state index in [1.165, 1.54) is 0 Å². The molecule has 2 heterocycles. The predicted octanol–water partition coefficient (Wildman–Crippen LogP) is 0.0512. The summed E-state index contributed by atoms with van der Waals surface area (Å²) in [5.74, 6) is 0. The van der Waals surface area contributed by atoms with Gasteiger partial charge < -0.3 is 19.7 Å². The third-order valence-electron chi connectivity index (χ3n) is 3.10. The van der Waals surface area contributed by atoms with Crippen molar-refractivity contribution in [3.63, 3.8) is 0 Å². The Balaban J connectivity index is 1.77. The Bertz CT molecular complexity index is 332. The summed E-state index contributed by atoms with van der Waals surface area (Å²) in [7, 11) is 1.97. The van der Waals surface area contributed by atoms with Gasteiger partial charge in [0.25, 0.3) is 0 Å². The summed E-state index contributed by atoms with van der Waals surface area (Å²) in [6.45, 7) is 2.66. The number of imidazole rings is 1. The van der Waals surface area contributed by atoms with Crippen LogP contribution in [0.5, 0.6) is 0 Å². The zero-order chi connectivity index (χ0) is 11.4. The first-order valence-corrected chi connectivity index (χ1v) is 5.66. The van der Waals surface area contributed by atoms with Crippen molar-refractivity contribution in [1.82, 2.24) is 14.9 Å². The zero-order valence-corrected chi connectivity index (χ0v) is 9.65. The summed E-state index contributed by atoms with van der Waals surface area (Å²) in [6, 6.07) is 0. The Kier molecular flexibility index (Phi) is 3.58. The third kappa shape index (κ3) is 2.81. The summed E-state index contributed by atoms with van der Waals surface area (Å²) in [4.78, 5) is 4.04. The molecule has 0 unspecified atom stereocenters. The fourth-order valence-corrected chi connectivity index (χ4v) is 1.91. The Morgan fingerprint density at radius 2 is 2.31 bits per heavy atom. The molecule has 16 heavy (non-hydrogen) atoms. The Hall–Kier alpha value is -0.910. The highest BCUT2D eigenvalue weighted by atomic mass is 16.5. The normalized spacial score (nSPS) is 19.9. The molecule has 0 aromatic carbocycles. The van der Waals surface area contributed by atoms with Crippen molar-refractivity contribution in [1.29, 1.82) is 0 Å². The van der Waals surface area contributed by atoms with Crippen LogP contribution in [-0.2, 0) is 18.3 Å². The second kappa shape index (κ2) is 4.95. The first-order valence-electron chi connectivity index (χ1n) is 5.66. The minimum absolute atomic E-state index is 0.600. The first kappa shape index (κ1) is 11.6. The number of nitrogens with one attached hydrogen (secondary N) is 1. The second-order valence-corrected chi connectivity index (χ2v) is 4.44. The molecule has 1 aliphatic rings. The van der Waals surface area contributed by atoms with Crippen LogP contribution in [0.15, 0.2) is 12.5 Å². The molecule has 0 atom stereocenters. The van der Waals surface area contributed by atoms with Crippen molar-refractivity contribution < 1.29 is 9.84 Å². The highest BCUT2D eigenvalue weighted by Crippen LogP contribution is 2.19. The summed E-state index contributed by atoms with van der Waals surface area (Å²) in [6.07, 6.45) is 5.04. The van der Waals surface area contributed by atoms with Gasteiger partial charge in [-0.25, -0.2) is 4.98 Å². The molecule has 2 N–H and O–H groups in total. The quantitative estimate of drug-likeness (QED) is 0.760. The van der Waals surface area contributed by atoms with Crippen LogP contribution in [0.3, 0.4) is 0 Å². The minimum atomic E-state index is -0.600. The molecule has 1 aromatic heterocycles. The molecular weight excluding hydrogens is 206 g/mol. The van der Waals surface area contributed by atoms with Gasteiger partial charge in [0.05, 0.1) is 17.6 Å². The van der Waals surface area contributed by atoms with E-state index in [2.05, 4.69) is 10.3 Å². The molecule has 1 aromatic rings. The van der Waals surface area contributed by atoms with Crippen LogP contribution in [0.2, 0.25) is 0 Å². The van der Waals surface area contributed by atoms with Gasteiger partial charge in [-0.05, 0) is 0 Å². The number of rotatable bonds is 4. The Morgan fingerprint density at radius 3 is 2.94 bits per heavy atom. The van der Waals surface area contributed by atoms with E-state index in [0.717, 1.165) is 12.2 Å². The zero-order valence-electron chi connectivity index (χ0n) is 9.65. The van der Waals surface area contributed by atoms with Gasteiger partial charge in [-0.15, -0.1) is 0 Å². The van der Waals surface area contributed by atoms with Gasteiger partial charge in [0, 0.05) is 52.4 Å². The SMILES string of the molecule is Cn1cncc1CNCC1(O)CCOCC1. The van der Waals surface area contributed by atoms with Crippen LogP contribution in [0.25, 0.3) is 0 Å². The second-order valence-electron chi connectivity index (χ2n) is 4.44. The monoisotopic (exact) mass is 225 g/mol. The van der Waals surface area contributed by atoms with Crippen molar-refractivity contribution in [3.05, 3.63) is 18.2 Å². The third-order valence-corrected chi connectivity index (χ3v) is 3.10. The van der Waals surface area contributed by atoms with E-state index in [1.54, 1.807) is 6.33 Å². The number of hydrogen-bond acceptors (Lipinski definition) is 4. The summed E-state index contributed by atoms with van der Waals surface area (Å²) < 4.78 is 7.21. The van der Waals surface area contributed by atoms with E-state index in [4.69, 9.17) is 4.74 Å². The Labute approximate surface area is 95.4 Å². The van der Waals surface area contributed by atoms with E-state index in [1.807, 2.05) is 17.8 Å². The molecular formula is C11H19N3O2. The summed E-state index contributed by atoms with van der Waals surface area (Å²) in [5, 5.41) is 13.5. The lowest BCUT2D eigenvalue weighted by atomic mass is 9.94. The van der Waals surface area contributed by atoms with E-state index >= 15 is 0 Å². The molecule has 0 radical (unpaired) electrons. The molecule has 1 aliphatic heterocycles. The number of ether oxygens (including phenoxy) is 1. The van der Waals surface area contributed by atoms with Gasteiger partial charge in [-0.1, -0.05) is 0 Å². The molecule has 5 heteroatoms. The van der Waals surface area contributed by atoms with Crippen molar-refractivity contribution in [2.45, 2.75) is 25.0 Å². The van der Waals surface area contributed by atoms with Gasteiger partial charge in [0.15, 0.2) is 0 Å². The highest BCUT2D eigenvalue weighted by Gasteiger charge is 2.29. The molecule has 2 rings (SSSR count). The fourth-order valence-electron chi connectivity index (χ4n) is 1.91. The molecule has 0 aliphatic carbocycles. The van der Waals surface area contributed by atoms with Gasteiger partial charge in [0.1, 0.15) is 0 Å². The molecule has 90 valence electrons. The van der Waals surface area contributed by atoms with Gasteiger partial charge in [0.2, 0.25) is 0 Å². The fraction of sp³-hybridized carbons (Fsp3) is 0.727. The minimum Gasteiger partial charge on any atom is -0.388 e. The largest absolute Gasteiger partial charge is 0.388 e. The Morgan fingerprint density at radius 1 is 1.56 bits per heavy atom. The number of aliphatic hydroxyl groups is 1. The first-order chi connectivity index (χ1) is 7.70. The van der Waals surface area contributed by atoms with Gasteiger partial charge in [-0.2, -0.15) is 0 Å². The summed E-state index contributed by atoms with van der Waals surface area (Å²) in [5.41, 5.74) is 0.521. The van der Waals surface area contributed by atoms with Crippen molar-refractivity contribution >= 4 is 0 Å². The molecule has 5 nitrogen and oxygen atoms in total. The van der Waals surface area contributed by atoms with Crippen LogP contribution < -0.4 is 5.32 Å². The number of hydrogen-bond donors (Lipinski definition) is 2. The van der Waals surface area contributed by atoms with E-state index in [0.29, 0.717) is 32.6 Å². The van der Waals surface area contributed by atoms with Crippen LogP contribution in [0.1, 0.15) is 18.5 Å².